The first-order chi connectivity index (χ1) is 6.06. The van der Waals surface area contributed by atoms with Gasteiger partial charge in [0.2, 0.25) is 0 Å². The zero-order valence-corrected chi connectivity index (χ0v) is 8.40. The fourth-order valence-corrected chi connectivity index (χ4v) is 1.47. The highest BCUT2D eigenvalue weighted by Gasteiger charge is 2.15. The Hall–Kier alpha value is -0.730. The molecule has 13 heavy (non-hydrogen) atoms. The summed E-state index contributed by atoms with van der Waals surface area (Å²) in [4.78, 5) is 3.55. The van der Waals surface area contributed by atoms with Gasteiger partial charge in [0.1, 0.15) is 15.8 Å². The molecule has 2 nitrogen and oxygen atoms in total. The molecule has 0 saturated carbocycles. The summed E-state index contributed by atoms with van der Waals surface area (Å²) in [6, 6.07) is 2.69. The van der Waals surface area contributed by atoms with Crippen molar-refractivity contribution < 1.29 is 8.78 Å². The van der Waals surface area contributed by atoms with Crippen molar-refractivity contribution in [1.29, 1.82) is 5.26 Å². The third-order valence-electron chi connectivity index (χ3n) is 1.31. The summed E-state index contributed by atoms with van der Waals surface area (Å²) in [6.45, 7) is 0. The molecule has 0 radical (unpaired) electrons. The van der Waals surface area contributed by atoms with Crippen LogP contribution in [0.3, 0.4) is 0 Å². The zero-order valence-electron chi connectivity index (χ0n) is 6.06. The molecular formula is C7H2BrClF2N2. The van der Waals surface area contributed by atoms with E-state index >= 15 is 0 Å². The van der Waals surface area contributed by atoms with Gasteiger partial charge in [0.15, 0.2) is 0 Å². The SMILES string of the molecule is N#Cc1cc(C(F)F)c(Br)nc1Cl. The summed E-state index contributed by atoms with van der Waals surface area (Å²) in [5.74, 6) is 0. The molecule has 1 aromatic heterocycles. The zero-order chi connectivity index (χ0) is 10.0. The molecule has 0 spiro atoms. The Balaban J connectivity index is 3.33. The van der Waals surface area contributed by atoms with Crippen LogP contribution in [-0.2, 0) is 0 Å². The van der Waals surface area contributed by atoms with Crippen LogP contribution in [0.15, 0.2) is 10.7 Å². The lowest BCUT2D eigenvalue weighted by Gasteiger charge is -2.03. The minimum absolute atomic E-state index is 0.0356. The van der Waals surface area contributed by atoms with Crippen molar-refractivity contribution in [1.82, 2.24) is 4.98 Å². The van der Waals surface area contributed by atoms with Crippen LogP contribution in [0.2, 0.25) is 5.15 Å². The van der Waals surface area contributed by atoms with E-state index in [0.717, 1.165) is 6.07 Å². The number of nitriles is 1. The molecule has 0 aliphatic carbocycles. The second kappa shape index (κ2) is 3.99. The first-order valence-electron chi connectivity index (χ1n) is 3.10. The lowest BCUT2D eigenvalue weighted by atomic mass is 10.2. The molecule has 0 saturated heterocycles. The van der Waals surface area contributed by atoms with Crippen LogP contribution >= 0.6 is 27.5 Å². The van der Waals surface area contributed by atoms with Gasteiger partial charge < -0.3 is 0 Å². The smallest absolute Gasteiger partial charge is 0.227 e. The van der Waals surface area contributed by atoms with Crippen molar-refractivity contribution in [3.63, 3.8) is 0 Å². The van der Waals surface area contributed by atoms with Crippen LogP contribution in [0.5, 0.6) is 0 Å². The molecule has 0 unspecified atom stereocenters. The summed E-state index contributed by atoms with van der Waals surface area (Å²) >= 11 is 8.32. The summed E-state index contributed by atoms with van der Waals surface area (Å²) in [6.07, 6.45) is -2.67. The molecule has 0 amide bonds. The Labute approximate surface area is 86.3 Å². The molecular weight excluding hydrogens is 265 g/mol. The molecule has 0 aliphatic heterocycles. The average Bonchev–Trinajstić information content (AvgIpc) is 2.03. The quantitative estimate of drug-likeness (QED) is 0.732. The van der Waals surface area contributed by atoms with E-state index in [1.807, 2.05) is 0 Å². The second-order valence-corrected chi connectivity index (χ2v) is 3.23. The van der Waals surface area contributed by atoms with Crippen LogP contribution in [-0.4, -0.2) is 4.98 Å². The van der Waals surface area contributed by atoms with Gasteiger partial charge in [-0.1, -0.05) is 11.6 Å². The van der Waals surface area contributed by atoms with Crippen molar-refractivity contribution in [2.75, 3.05) is 0 Å². The Bertz CT molecular complexity index is 375. The number of rotatable bonds is 1. The standard InChI is InChI=1S/C7H2BrClF2N2/c8-5-4(7(10)11)1-3(2-12)6(9)13-5/h1,7H. The largest absolute Gasteiger partial charge is 0.266 e. The minimum Gasteiger partial charge on any atom is -0.227 e. The van der Waals surface area contributed by atoms with E-state index in [4.69, 9.17) is 16.9 Å². The van der Waals surface area contributed by atoms with Gasteiger partial charge in [-0.15, -0.1) is 0 Å². The number of halogens is 4. The van der Waals surface area contributed by atoms with Gasteiger partial charge in [-0.2, -0.15) is 5.26 Å². The molecule has 68 valence electrons. The van der Waals surface area contributed by atoms with Crippen LogP contribution < -0.4 is 0 Å². The van der Waals surface area contributed by atoms with E-state index in [9.17, 15) is 8.78 Å². The Kier molecular flexibility index (Phi) is 3.17. The highest BCUT2D eigenvalue weighted by Crippen LogP contribution is 2.29. The molecule has 0 aromatic carbocycles. The summed E-state index contributed by atoms with van der Waals surface area (Å²) in [5, 5.41) is 8.40. The third kappa shape index (κ3) is 2.14. The van der Waals surface area contributed by atoms with Gasteiger partial charge in [-0.3, -0.25) is 0 Å². The fourth-order valence-electron chi connectivity index (χ4n) is 0.717. The van der Waals surface area contributed by atoms with E-state index in [1.165, 1.54) is 0 Å². The topological polar surface area (TPSA) is 36.7 Å². The lowest BCUT2D eigenvalue weighted by molar-refractivity contribution is 0.150. The number of hydrogen-bond acceptors (Lipinski definition) is 2. The van der Waals surface area contributed by atoms with Gasteiger partial charge in [-0.05, 0) is 22.0 Å². The van der Waals surface area contributed by atoms with Gasteiger partial charge in [0.05, 0.1) is 11.1 Å². The highest BCUT2D eigenvalue weighted by atomic mass is 79.9. The van der Waals surface area contributed by atoms with Crippen LogP contribution in [0.25, 0.3) is 0 Å². The van der Waals surface area contributed by atoms with Gasteiger partial charge in [-0.25, -0.2) is 13.8 Å². The second-order valence-electron chi connectivity index (χ2n) is 2.12. The summed E-state index contributed by atoms with van der Waals surface area (Å²) < 4.78 is 24.5. The number of hydrogen-bond donors (Lipinski definition) is 0. The lowest BCUT2D eigenvalue weighted by Crippen LogP contribution is -1.93. The normalized spacial score (nSPS) is 10.2. The van der Waals surface area contributed by atoms with Crippen LogP contribution in [0, 0.1) is 11.3 Å². The third-order valence-corrected chi connectivity index (χ3v) is 2.24. The van der Waals surface area contributed by atoms with E-state index in [1.54, 1.807) is 6.07 Å². The summed E-state index contributed by atoms with van der Waals surface area (Å²) in [7, 11) is 0. The molecule has 6 heteroatoms. The van der Waals surface area contributed by atoms with Gasteiger partial charge in [0, 0.05) is 0 Å². The van der Waals surface area contributed by atoms with Crippen molar-refractivity contribution >= 4 is 27.5 Å². The van der Waals surface area contributed by atoms with Crippen molar-refractivity contribution in [3.05, 3.63) is 26.9 Å². The highest BCUT2D eigenvalue weighted by molar-refractivity contribution is 9.10. The average molecular weight is 267 g/mol. The predicted molar refractivity (Wildman–Crippen MR) is 46.6 cm³/mol. The maximum Gasteiger partial charge on any atom is 0.266 e. The first-order valence-corrected chi connectivity index (χ1v) is 4.27. The Morgan fingerprint density at radius 1 is 1.62 bits per heavy atom. The number of alkyl halides is 2. The number of pyridine rings is 1. The molecule has 0 N–H and O–H groups in total. The van der Waals surface area contributed by atoms with Gasteiger partial charge >= 0.3 is 0 Å². The molecule has 0 atom stereocenters. The first kappa shape index (κ1) is 10.4. The number of aromatic nitrogens is 1. The van der Waals surface area contributed by atoms with Crippen molar-refractivity contribution in [3.8, 4) is 6.07 Å². The summed E-state index contributed by atoms with van der Waals surface area (Å²) in [5.41, 5.74) is -0.388. The van der Waals surface area contributed by atoms with E-state index in [-0.39, 0.29) is 20.9 Å². The van der Waals surface area contributed by atoms with E-state index in [0.29, 0.717) is 0 Å². The minimum atomic E-state index is -2.67. The van der Waals surface area contributed by atoms with Crippen LogP contribution in [0.1, 0.15) is 17.6 Å². The monoisotopic (exact) mass is 266 g/mol. The maximum atomic E-state index is 12.3. The van der Waals surface area contributed by atoms with E-state index in [2.05, 4.69) is 20.9 Å². The van der Waals surface area contributed by atoms with Crippen molar-refractivity contribution in [2.24, 2.45) is 0 Å². The molecule has 1 rings (SSSR count). The van der Waals surface area contributed by atoms with Crippen LogP contribution in [0.4, 0.5) is 8.78 Å². The Morgan fingerprint density at radius 3 is 2.69 bits per heavy atom. The fraction of sp³-hybridized carbons (Fsp3) is 0.143. The Morgan fingerprint density at radius 2 is 2.23 bits per heavy atom. The van der Waals surface area contributed by atoms with Gasteiger partial charge in [0.25, 0.3) is 6.43 Å². The molecule has 1 aromatic rings. The van der Waals surface area contributed by atoms with Crippen molar-refractivity contribution in [2.45, 2.75) is 6.43 Å². The molecule has 1 heterocycles. The number of nitrogens with zero attached hydrogens (tertiary/aromatic N) is 2. The predicted octanol–water partition coefficient (Wildman–Crippen LogP) is 3.31. The molecule has 0 aliphatic rings. The molecule has 0 fully saturated rings. The molecule has 0 bridgehead atoms. The van der Waals surface area contributed by atoms with E-state index < -0.39 is 6.43 Å². The maximum absolute atomic E-state index is 12.3.